The normalized spacial score (nSPS) is 11.0. The van der Waals surface area contributed by atoms with E-state index in [1.54, 1.807) is 50.5 Å². The zero-order valence-corrected chi connectivity index (χ0v) is 20.4. The van der Waals surface area contributed by atoms with E-state index in [1.807, 2.05) is 13.8 Å². The third-order valence-electron chi connectivity index (χ3n) is 4.41. The number of benzene rings is 1. The van der Waals surface area contributed by atoms with Crippen LogP contribution in [0, 0.1) is 6.92 Å². The molecular formula is C21H20BrCl2N5O2. The summed E-state index contributed by atoms with van der Waals surface area (Å²) in [5.74, 6) is -0.404. The summed E-state index contributed by atoms with van der Waals surface area (Å²) in [6.07, 6.45) is 1.56. The van der Waals surface area contributed by atoms with Crippen LogP contribution >= 0.6 is 39.1 Å². The average molecular weight is 525 g/mol. The molecule has 31 heavy (non-hydrogen) atoms. The molecule has 0 fully saturated rings. The molecule has 10 heteroatoms. The molecule has 0 radical (unpaired) electrons. The number of aryl methyl sites for hydroxylation is 1. The third kappa shape index (κ3) is 4.92. The van der Waals surface area contributed by atoms with Crippen molar-refractivity contribution in [1.82, 2.24) is 20.1 Å². The summed E-state index contributed by atoms with van der Waals surface area (Å²) >= 11 is 15.8. The number of anilines is 1. The lowest BCUT2D eigenvalue weighted by Crippen LogP contribution is -2.34. The molecule has 0 saturated carbocycles. The fourth-order valence-electron chi connectivity index (χ4n) is 3.17. The number of nitrogens with one attached hydrogen (secondary N) is 1. The van der Waals surface area contributed by atoms with E-state index in [-0.39, 0.29) is 17.6 Å². The van der Waals surface area contributed by atoms with Gasteiger partial charge in [0.05, 0.1) is 16.3 Å². The summed E-state index contributed by atoms with van der Waals surface area (Å²) < 4.78 is 1.81. The Hall–Kier alpha value is -2.42. The molecule has 0 bridgehead atoms. The third-order valence-corrected chi connectivity index (χ3v) is 5.31. The first-order valence-electron chi connectivity index (χ1n) is 9.35. The summed E-state index contributed by atoms with van der Waals surface area (Å²) in [7, 11) is 1.59. The predicted octanol–water partition coefficient (Wildman–Crippen LogP) is 5.06. The Kier molecular flexibility index (Phi) is 7.03. The molecular weight excluding hydrogens is 505 g/mol. The van der Waals surface area contributed by atoms with Crippen molar-refractivity contribution in [3.05, 3.63) is 68.0 Å². The molecule has 2 amide bonds. The van der Waals surface area contributed by atoms with E-state index in [0.717, 1.165) is 0 Å². The molecule has 0 aliphatic carbocycles. The number of carbonyl (C=O) groups is 2. The number of rotatable bonds is 5. The minimum atomic E-state index is -0.399. The van der Waals surface area contributed by atoms with E-state index < -0.39 is 5.91 Å². The van der Waals surface area contributed by atoms with Crippen LogP contribution in [0.3, 0.4) is 0 Å². The van der Waals surface area contributed by atoms with Gasteiger partial charge < -0.3 is 10.2 Å². The Balaban J connectivity index is 2.10. The molecule has 0 aliphatic heterocycles. The lowest BCUT2D eigenvalue weighted by Gasteiger charge is -2.23. The van der Waals surface area contributed by atoms with Crippen molar-refractivity contribution in [1.29, 1.82) is 0 Å². The molecule has 0 spiro atoms. The van der Waals surface area contributed by atoms with Crippen molar-refractivity contribution in [3.8, 4) is 5.82 Å². The number of aromatic nitrogens is 3. The first kappa shape index (κ1) is 23.2. The van der Waals surface area contributed by atoms with Crippen LogP contribution in [-0.2, 0) is 0 Å². The van der Waals surface area contributed by atoms with Gasteiger partial charge in [-0.3, -0.25) is 9.59 Å². The molecule has 0 aliphatic rings. The average Bonchev–Trinajstić information content (AvgIpc) is 3.07. The van der Waals surface area contributed by atoms with Gasteiger partial charge in [0, 0.05) is 30.4 Å². The molecule has 0 atom stereocenters. The number of pyridine rings is 1. The van der Waals surface area contributed by atoms with E-state index in [0.29, 0.717) is 37.3 Å². The second-order valence-electron chi connectivity index (χ2n) is 7.18. The van der Waals surface area contributed by atoms with Gasteiger partial charge >= 0.3 is 0 Å². The zero-order valence-electron chi connectivity index (χ0n) is 17.3. The summed E-state index contributed by atoms with van der Waals surface area (Å²) in [6, 6.07) is 8.10. The maximum Gasteiger partial charge on any atom is 0.276 e. The van der Waals surface area contributed by atoms with Crippen molar-refractivity contribution in [2.45, 2.75) is 26.8 Å². The van der Waals surface area contributed by atoms with Gasteiger partial charge in [0.25, 0.3) is 11.8 Å². The molecule has 3 rings (SSSR count). The molecule has 0 unspecified atom stereocenters. The van der Waals surface area contributed by atoms with Gasteiger partial charge in [0.15, 0.2) is 5.82 Å². The Morgan fingerprint density at radius 3 is 2.58 bits per heavy atom. The molecule has 2 aromatic heterocycles. The summed E-state index contributed by atoms with van der Waals surface area (Å²) in [5.41, 5.74) is 1.65. The van der Waals surface area contributed by atoms with Gasteiger partial charge in [0.2, 0.25) is 0 Å². The maximum absolute atomic E-state index is 13.5. The first-order chi connectivity index (χ1) is 14.6. The maximum atomic E-state index is 13.5. The number of halogens is 3. The minimum absolute atomic E-state index is 0.0793. The van der Waals surface area contributed by atoms with Crippen molar-refractivity contribution < 1.29 is 9.59 Å². The molecule has 7 nitrogen and oxygen atoms in total. The fourth-order valence-corrected chi connectivity index (χ4v) is 4.02. The van der Waals surface area contributed by atoms with Crippen molar-refractivity contribution >= 4 is 56.6 Å². The second kappa shape index (κ2) is 9.38. The van der Waals surface area contributed by atoms with Gasteiger partial charge in [0.1, 0.15) is 10.3 Å². The SMILES string of the molecule is Cc1cc(Cl)cc(C(=O)NC(C)C)c1N(C)C(=O)c1cc(Br)nn1-c1ncccc1Cl. The lowest BCUT2D eigenvalue weighted by molar-refractivity contribution is 0.0943. The smallest absolute Gasteiger partial charge is 0.276 e. The van der Waals surface area contributed by atoms with Gasteiger partial charge in [-0.25, -0.2) is 9.67 Å². The lowest BCUT2D eigenvalue weighted by atomic mass is 10.1. The highest BCUT2D eigenvalue weighted by Crippen LogP contribution is 2.30. The van der Waals surface area contributed by atoms with E-state index in [1.165, 1.54) is 9.58 Å². The van der Waals surface area contributed by atoms with Crippen LogP contribution < -0.4 is 10.2 Å². The van der Waals surface area contributed by atoms with Crippen LogP contribution in [0.1, 0.15) is 40.3 Å². The topological polar surface area (TPSA) is 80.1 Å². The zero-order chi connectivity index (χ0) is 22.9. The highest BCUT2D eigenvalue weighted by atomic mass is 79.9. The van der Waals surface area contributed by atoms with Crippen molar-refractivity contribution in [2.75, 3.05) is 11.9 Å². The molecule has 3 aromatic rings. The van der Waals surface area contributed by atoms with Crippen LogP contribution in [0.2, 0.25) is 10.0 Å². The largest absolute Gasteiger partial charge is 0.350 e. The number of hydrogen-bond acceptors (Lipinski definition) is 4. The number of carbonyl (C=O) groups excluding carboxylic acids is 2. The van der Waals surface area contributed by atoms with Crippen LogP contribution in [0.5, 0.6) is 0 Å². The Labute approximate surface area is 198 Å². The van der Waals surface area contributed by atoms with E-state index >= 15 is 0 Å². The monoisotopic (exact) mass is 523 g/mol. The number of amides is 2. The standard InChI is InChI=1S/C21H20BrCl2N5O2/c1-11(2)26-20(30)14-9-13(23)8-12(3)18(14)28(4)21(31)16-10-17(22)27-29(16)19-15(24)6-5-7-25-19/h5-11H,1-4H3,(H,26,30). The van der Waals surface area contributed by atoms with E-state index in [4.69, 9.17) is 23.2 Å². The number of hydrogen-bond donors (Lipinski definition) is 1. The molecule has 1 aromatic carbocycles. The molecule has 1 N–H and O–H groups in total. The quantitative estimate of drug-likeness (QED) is 0.505. The second-order valence-corrected chi connectivity index (χ2v) is 8.84. The highest BCUT2D eigenvalue weighted by molar-refractivity contribution is 9.10. The van der Waals surface area contributed by atoms with Crippen molar-refractivity contribution in [3.63, 3.8) is 0 Å². The van der Waals surface area contributed by atoms with Gasteiger partial charge in [-0.1, -0.05) is 23.2 Å². The predicted molar refractivity (Wildman–Crippen MR) is 126 cm³/mol. The van der Waals surface area contributed by atoms with E-state index in [9.17, 15) is 9.59 Å². The minimum Gasteiger partial charge on any atom is -0.350 e. The Morgan fingerprint density at radius 2 is 1.94 bits per heavy atom. The van der Waals surface area contributed by atoms with Gasteiger partial charge in [-0.05, 0) is 66.5 Å². The molecule has 0 saturated heterocycles. The van der Waals surface area contributed by atoms with E-state index in [2.05, 4.69) is 31.3 Å². The molecule has 2 heterocycles. The fraction of sp³-hybridized carbons (Fsp3) is 0.238. The highest BCUT2D eigenvalue weighted by Gasteiger charge is 2.27. The Morgan fingerprint density at radius 1 is 1.23 bits per heavy atom. The van der Waals surface area contributed by atoms with Crippen LogP contribution in [0.15, 0.2) is 41.1 Å². The van der Waals surface area contributed by atoms with Gasteiger partial charge in [-0.2, -0.15) is 5.10 Å². The number of nitrogens with zero attached hydrogens (tertiary/aromatic N) is 4. The molecule has 162 valence electrons. The summed E-state index contributed by atoms with van der Waals surface area (Å²) in [6.45, 7) is 5.51. The summed E-state index contributed by atoms with van der Waals surface area (Å²) in [5, 5.41) is 7.91. The van der Waals surface area contributed by atoms with Crippen molar-refractivity contribution in [2.24, 2.45) is 0 Å². The van der Waals surface area contributed by atoms with Gasteiger partial charge in [-0.15, -0.1) is 0 Å². The van der Waals surface area contributed by atoms with Crippen LogP contribution in [0.25, 0.3) is 5.82 Å². The van der Waals surface area contributed by atoms with Crippen LogP contribution in [0.4, 0.5) is 5.69 Å². The Bertz CT molecular complexity index is 1160. The van der Waals surface area contributed by atoms with Crippen LogP contribution in [-0.4, -0.2) is 39.7 Å². The first-order valence-corrected chi connectivity index (χ1v) is 10.9. The summed E-state index contributed by atoms with van der Waals surface area (Å²) in [4.78, 5) is 32.0.